The lowest BCUT2D eigenvalue weighted by Gasteiger charge is -2.21. The first-order valence-electron chi connectivity index (χ1n) is 5.81. The van der Waals surface area contributed by atoms with Gasteiger partial charge in [-0.2, -0.15) is 0 Å². The van der Waals surface area contributed by atoms with Crippen molar-refractivity contribution >= 4 is 21.8 Å². The third kappa shape index (κ3) is 2.78. The summed E-state index contributed by atoms with van der Waals surface area (Å²) in [6.45, 7) is 6.33. The summed E-state index contributed by atoms with van der Waals surface area (Å²) in [5.41, 5.74) is 1.81. The molecule has 0 atom stereocenters. The molecule has 0 bridgehead atoms. The molecular formula is C14H16BrNO. The first-order chi connectivity index (χ1) is 8.13. The van der Waals surface area contributed by atoms with Crippen molar-refractivity contribution in [3.05, 3.63) is 46.5 Å². The molecule has 2 rings (SSSR count). The van der Waals surface area contributed by atoms with Crippen molar-refractivity contribution in [3.8, 4) is 0 Å². The van der Waals surface area contributed by atoms with Crippen LogP contribution < -0.4 is 0 Å². The Labute approximate surface area is 110 Å². The van der Waals surface area contributed by atoms with Gasteiger partial charge in [-0.1, -0.05) is 28.1 Å². The van der Waals surface area contributed by atoms with Crippen LogP contribution in [0.25, 0.3) is 0 Å². The van der Waals surface area contributed by atoms with Crippen molar-refractivity contribution in [2.24, 2.45) is 0 Å². The first kappa shape index (κ1) is 12.4. The minimum Gasteiger partial charge on any atom is -0.332 e. The SMILES string of the molecule is C=CCN(C(=O)c1cc(Br)ccc1C)C1CC1. The van der Waals surface area contributed by atoms with Gasteiger partial charge in [0.05, 0.1) is 0 Å². The number of hydrogen-bond donors (Lipinski definition) is 0. The number of halogens is 1. The van der Waals surface area contributed by atoms with Gasteiger partial charge in [0, 0.05) is 22.6 Å². The molecule has 17 heavy (non-hydrogen) atoms. The molecule has 0 saturated heterocycles. The van der Waals surface area contributed by atoms with Gasteiger partial charge in [-0.15, -0.1) is 6.58 Å². The minimum absolute atomic E-state index is 0.117. The number of hydrogen-bond acceptors (Lipinski definition) is 1. The van der Waals surface area contributed by atoms with Crippen molar-refractivity contribution in [2.75, 3.05) is 6.54 Å². The van der Waals surface area contributed by atoms with Crippen LogP contribution in [0.5, 0.6) is 0 Å². The predicted molar refractivity (Wildman–Crippen MR) is 73.1 cm³/mol. The number of benzene rings is 1. The molecule has 1 aromatic carbocycles. The summed E-state index contributed by atoms with van der Waals surface area (Å²) in [5.74, 6) is 0.117. The highest BCUT2D eigenvalue weighted by Gasteiger charge is 2.32. The van der Waals surface area contributed by atoms with Crippen molar-refractivity contribution in [1.29, 1.82) is 0 Å². The van der Waals surface area contributed by atoms with Crippen molar-refractivity contribution in [3.63, 3.8) is 0 Å². The summed E-state index contributed by atoms with van der Waals surface area (Å²) >= 11 is 3.41. The first-order valence-corrected chi connectivity index (χ1v) is 6.61. The fraction of sp³-hybridized carbons (Fsp3) is 0.357. The van der Waals surface area contributed by atoms with Crippen LogP contribution in [0.2, 0.25) is 0 Å². The lowest BCUT2D eigenvalue weighted by molar-refractivity contribution is 0.0762. The van der Waals surface area contributed by atoms with E-state index in [4.69, 9.17) is 0 Å². The highest BCUT2D eigenvalue weighted by molar-refractivity contribution is 9.10. The van der Waals surface area contributed by atoms with E-state index in [2.05, 4.69) is 22.5 Å². The standard InChI is InChI=1S/C14H16BrNO/c1-3-8-16(12-6-7-12)14(17)13-9-11(15)5-4-10(13)2/h3-5,9,12H,1,6-8H2,2H3. The molecule has 0 radical (unpaired) electrons. The lowest BCUT2D eigenvalue weighted by atomic mass is 10.1. The second-order valence-corrected chi connectivity index (χ2v) is 5.35. The summed E-state index contributed by atoms with van der Waals surface area (Å²) in [5, 5.41) is 0. The second-order valence-electron chi connectivity index (χ2n) is 4.44. The van der Waals surface area contributed by atoms with Crippen LogP contribution in [-0.4, -0.2) is 23.4 Å². The molecule has 0 aromatic heterocycles. The van der Waals surface area contributed by atoms with E-state index >= 15 is 0 Å². The van der Waals surface area contributed by atoms with E-state index in [1.54, 1.807) is 6.08 Å². The number of rotatable bonds is 4. The van der Waals surface area contributed by atoms with Gasteiger partial charge in [0.1, 0.15) is 0 Å². The zero-order chi connectivity index (χ0) is 12.4. The Morgan fingerprint density at radius 2 is 2.29 bits per heavy atom. The molecule has 0 aliphatic heterocycles. The number of nitrogens with zero attached hydrogens (tertiary/aromatic N) is 1. The van der Waals surface area contributed by atoms with Gasteiger partial charge in [-0.25, -0.2) is 0 Å². The molecule has 1 aromatic rings. The molecule has 2 nitrogen and oxygen atoms in total. The molecule has 0 N–H and O–H groups in total. The normalized spacial score (nSPS) is 14.5. The van der Waals surface area contributed by atoms with Crippen LogP contribution in [0, 0.1) is 6.92 Å². The zero-order valence-electron chi connectivity index (χ0n) is 9.95. The van der Waals surface area contributed by atoms with Gasteiger partial charge < -0.3 is 4.90 Å². The number of carbonyl (C=O) groups excluding carboxylic acids is 1. The monoisotopic (exact) mass is 293 g/mol. The van der Waals surface area contributed by atoms with E-state index in [0.29, 0.717) is 12.6 Å². The maximum absolute atomic E-state index is 12.4. The fourth-order valence-corrected chi connectivity index (χ4v) is 2.26. The summed E-state index contributed by atoms with van der Waals surface area (Å²) in [6, 6.07) is 6.24. The number of carbonyl (C=O) groups is 1. The third-order valence-corrected chi connectivity index (χ3v) is 3.50. The second kappa shape index (κ2) is 5.05. The Balaban J connectivity index is 2.27. The third-order valence-electron chi connectivity index (χ3n) is 3.00. The Morgan fingerprint density at radius 3 is 2.88 bits per heavy atom. The molecule has 0 heterocycles. The van der Waals surface area contributed by atoms with Gasteiger partial charge in [0.15, 0.2) is 0 Å². The maximum Gasteiger partial charge on any atom is 0.254 e. The van der Waals surface area contributed by atoms with E-state index in [0.717, 1.165) is 28.4 Å². The average molecular weight is 294 g/mol. The van der Waals surface area contributed by atoms with Crippen LogP contribution in [-0.2, 0) is 0 Å². The summed E-state index contributed by atoms with van der Waals surface area (Å²) in [7, 11) is 0. The van der Waals surface area contributed by atoms with Gasteiger partial charge in [0.2, 0.25) is 0 Å². The van der Waals surface area contributed by atoms with E-state index in [9.17, 15) is 4.79 Å². The Hall–Kier alpha value is -1.09. The minimum atomic E-state index is 0.117. The van der Waals surface area contributed by atoms with Crippen molar-refractivity contribution in [2.45, 2.75) is 25.8 Å². The van der Waals surface area contributed by atoms with E-state index in [1.165, 1.54) is 0 Å². The fourth-order valence-electron chi connectivity index (χ4n) is 1.90. The topological polar surface area (TPSA) is 20.3 Å². The maximum atomic E-state index is 12.4. The smallest absolute Gasteiger partial charge is 0.254 e. The molecule has 0 unspecified atom stereocenters. The molecular weight excluding hydrogens is 278 g/mol. The molecule has 1 fully saturated rings. The highest BCUT2D eigenvalue weighted by atomic mass is 79.9. The Kier molecular flexibility index (Phi) is 3.67. The molecule has 0 spiro atoms. The highest BCUT2D eigenvalue weighted by Crippen LogP contribution is 2.29. The van der Waals surface area contributed by atoms with Gasteiger partial charge in [-0.3, -0.25) is 4.79 Å². The average Bonchev–Trinajstić information content (AvgIpc) is 3.12. The van der Waals surface area contributed by atoms with Gasteiger partial charge in [0.25, 0.3) is 5.91 Å². The number of amides is 1. The molecule has 3 heteroatoms. The van der Waals surface area contributed by atoms with Gasteiger partial charge in [-0.05, 0) is 37.5 Å². The molecule has 1 amide bonds. The Morgan fingerprint density at radius 1 is 1.59 bits per heavy atom. The van der Waals surface area contributed by atoms with Crippen LogP contribution >= 0.6 is 15.9 Å². The van der Waals surface area contributed by atoms with E-state index in [-0.39, 0.29) is 5.91 Å². The molecule has 1 aliphatic rings. The quantitative estimate of drug-likeness (QED) is 0.778. The van der Waals surface area contributed by atoms with Crippen molar-refractivity contribution in [1.82, 2.24) is 4.90 Å². The summed E-state index contributed by atoms with van der Waals surface area (Å²) < 4.78 is 0.945. The zero-order valence-corrected chi connectivity index (χ0v) is 11.5. The van der Waals surface area contributed by atoms with Crippen LogP contribution in [0.4, 0.5) is 0 Å². The molecule has 1 aliphatic carbocycles. The van der Waals surface area contributed by atoms with E-state index < -0.39 is 0 Å². The Bertz CT molecular complexity index is 452. The van der Waals surface area contributed by atoms with Crippen LogP contribution in [0.1, 0.15) is 28.8 Å². The van der Waals surface area contributed by atoms with Crippen molar-refractivity contribution < 1.29 is 4.79 Å². The largest absolute Gasteiger partial charge is 0.332 e. The summed E-state index contributed by atoms with van der Waals surface area (Å²) in [6.07, 6.45) is 4.03. The van der Waals surface area contributed by atoms with E-state index in [1.807, 2.05) is 30.0 Å². The van der Waals surface area contributed by atoms with Crippen LogP contribution in [0.3, 0.4) is 0 Å². The van der Waals surface area contributed by atoms with Gasteiger partial charge >= 0.3 is 0 Å². The number of aryl methyl sites for hydroxylation is 1. The summed E-state index contributed by atoms with van der Waals surface area (Å²) in [4.78, 5) is 14.4. The molecule has 1 saturated carbocycles. The molecule has 90 valence electrons. The lowest BCUT2D eigenvalue weighted by Crippen LogP contribution is -2.33. The predicted octanol–water partition coefficient (Wildman–Crippen LogP) is 3.55. The van der Waals surface area contributed by atoms with Crippen LogP contribution in [0.15, 0.2) is 35.3 Å².